The first kappa shape index (κ1) is 20.0. The van der Waals surface area contributed by atoms with Gasteiger partial charge in [-0.25, -0.2) is 4.79 Å². The Kier molecular flexibility index (Phi) is 5.33. The van der Waals surface area contributed by atoms with E-state index in [0.29, 0.717) is 22.3 Å². The first-order valence-corrected chi connectivity index (χ1v) is 9.68. The van der Waals surface area contributed by atoms with Crippen LogP contribution in [0, 0.1) is 11.3 Å². The molecule has 3 aromatic rings. The molecule has 1 heterocycles. The molecular formula is C25H18N2O4. The highest BCUT2D eigenvalue weighted by molar-refractivity contribution is 6.05. The summed E-state index contributed by atoms with van der Waals surface area (Å²) in [4.78, 5) is 38.7. The zero-order valence-corrected chi connectivity index (χ0v) is 16.8. The minimum absolute atomic E-state index is 0.0275. The molecule has 0 aromatic heterocycles. The predicted molar refractivity (Wildman–Crippen MR) is 115 cm³/mol. The summed E-state index contributed by atoms with van der Waals surface area (Å²) >= 11 is 0. The molecule has 4 rings (SSSR count). The van der Waals surface area contributed by atoms with Crippen LogP contribution in [0.1, 0.15) is 31.8 Å². The minimum Gasteiger partial charge on any atom is -0.454 e. The Bertz CT molecular complexity index is 1260. The van der Waals surface area contributed by atoms with Crippen molar-refractivity contribution in [2.24, 2.45) is 0 Å². The molecule has 0 saturated heterocycles. The SMILES string of the molecule is CN1C(=O)Cc2cc(C(=O)COC(=O)c3ccccc3-c3ccccc3C#N)ccc21. The van der Waals surface area contributed by atoms with Crippen LogP contribution in [0.15, 0.2) is 66.7 Å². The Labute approximate surface area is 179 Å². The van der Waals surface area contributed by atoms with Gasteiger partial charge < -0.3 is 9.64 Å². The number of likely N-dealkylation sites (N-methyl/N-ethyl adjacent to an activating group) is 1. The van der Waals surface area contributed by atoms with E-state index >= 15 is 0 Å². The quantitative estimate of drug-likeness (QED) is 0.472. The monoisotopic (exact) mass is 410 g/mol. The molecule has 1 aliphatic rings. The lowest BCUT2D eigenvalue weighted by molar-refractivity contribution is -0.117. The molecule has 31 heavy (non-hydrogen) atoms. The van der Waals surface area contributed by atoms with Crippen LogP contribution < -0.4 is 4.90 Å². The highest BCUT2D eigenvalue weighted by Gasteiger charge is 2.25. The van der Waals surface area contributed by atoms with E-state index in [2.05, 4.69) is 6.07 Å². The third kappa shape index (κ3) is 3.81. The maximum absolute atomic E-state index is 12.7. The third-order valence-electron chi connectivity index (χ3n) is 5.30. The second-order valence-corrected chi connectivity index (χ2v) is 7.18. The molecular weight excluding hydrogens is 392 g/mol. The van der Waals surface area contributed by atoms with Crippen molar-refractivity contribution in [2.75, 3.05) is 18.6 Å². The van der Waals surface area contributed by atoms with E-state index in [0.717, 1.165) is 11.3 Å². The van der Waals surface area contributed by atoms with Gasteiger partial charge in [0.05, 0.1) is 23.6 Å². The van der Waals surface area contributed by atoms with Gasteiger partial charge in [-0.2, -0.15) is 5.26 Å². The Morgan fingerprint density at radius 3 is 2.52 bits per heavy atom. The number of Topliss-reactive ketones (excluding diaryl/α,β-unsaturated/α-hetero) is 1. The molecule has 0 atom stereocenters. The summed E-state index contributed by atoms with van der Waals surface area (Å²) in [6.07, 6.45) is 0.248. The van der Waals surface area contributed by atoms with Crippen molar-refractivity contribution in [1.82, 2.24) is 0 Å². The smallest absolute Gasteiger partial charge is 0.339 e. The van der Waals surface area contributed by atoms with Gasteiger partial charge in [-0.1, -0.05) is 36.4 Å². The summed E-state index contributed by atoms with van der Waals surface area (Å²) in [7, 11) is 1.69. The average Bonchev–Trinajstić information content (AvgIpc) is 3.09. The van der Waals surface area contributed by atoms with Crippen molar-refractivity contribution in [3.8, 4) is 17.2 Å². The predicted octanol–water partition coefficient (Wildman–Crippen LogP) is 3.78. The topological polar surface area (TPSA) is 87.5 Å². The van der Waals surface area contributed by atoms with Crippen molar-refractivity contribution >= 4 is 23.3 Å². The summed E-state index contributed by atoms with van der Waals surface area (Å²) in [6.45, 7) is -0.421. The zero-order chi connectivity index (χ0) is 22.0. The van der Waals surface area contributed by atoms with E-state index in [9.17, 15) is 19.6 Å². The van der Waals surface area contributed by atoms with Crippen molar-refractivity contribution in [3.63, 3.8) is 0 Å². The molecule has 0 radical (unpaired) electrons. The van der Waals surface area contributed by atoms with Crippen LogP contribution in [0.2, 0.25) is 0 Å². The van der Waals surface area contributed by atoms with Crippen LogP contribution in [0.5, 0.6) is 0 Å². The molecule has 1 aliphatic heterocycles. The summed E-state index contributed by atoms with van der Waals surface area (Å²) in [5.41, 5.74) is 3.85. The molecule has 0 fully saturated rings. The summed E-state index contributed by atoms with van der Waals surface area (Å²) in [5.74, 6) is -1.03. The molecule has 3 aromatic carbocycles. The van der Waals surface area contributed by atoms with Gasteiger partial charge in [0.25, 0.3) is 0 Å². The lowest BCUT2D eigenvalue weighted by atomic mass is 9.96. The number of carbonyl (C=O) groups is 3. The van der Waals surface area contributed by atoms with Crippen LogP contribution in [0.3, 0.4) is 0 Å². The highest BCUT2D eigenvalue weighted by atomic mass is 16.5. The van der Waals surface area contributed by atoms with Gasteiger partial charge >= 0.3 is 5.97 Å². The van der Waals surface area contributed by atoms with E-state index in [1.165, 1.54) is 0 Å². The first-order valence-electron chi connectivity index (χ1n) is 9.68. The van der Waals surface area contributed by atoms with Gasteiger partial charge in [0, 0.05) is 23.9 Å². The number of nitrogens with zero attached hydrogens (tertiary/aromatic N) is 2. The lowest BCUT2D eigenvalue weighted by Gasteiger charge is -2.12. The number of carbonyl (C=O) groups excluding carboxylic acids is 3. The number of hydrogen-bond donors (Lipinski definition) is 0. The normalized spacial score (nSPS) is 12.3. The van der Waals surface area contributed by atoms with Crippen LogP contribution in [0.25, 0.3) is 11.1 Å². The van der Waals surface area contributed by atoms with E-state index in [1.807, 2.05) is 0 Å². The maximum atomic E-state index is 12.7. The molecule has 0 N–H and O–H groups in total. The number of hydrogen-bond acceptors (Lipinski definition) is 5. The number of fused-ring (bicyclic) bond motifs is 1. The third-order valence-corrected chi connectivity index (χ3v) is 5.30. The first-order chi connectivity index (χ1) is 15.0. The average molecular weight is 410 g/mol. The maximum Gasteiger partial charge on any atom is 0.339 e. The van der Waals surface area contributed by atoms with Crippen molar-refractivity contribution < 1.29 is 19.1 Å². The molecule has 6 nitrogen and oxygen atoms in total. The fraction of sp³-hybridized carbons (Fsp3) is 0.120. The van der Waals surface area contributed by atoms with Crippen molar-refractivity contribution in [2.45, 2.75) is 6.42 Å². The van der Waals surface area contributed by atoms with E-state index in [4.69, 9.17) is 4.74 Å². The van der Waals surface area contributed by atoms with Gasteiger partial charge in [-0.15, -0.1) is 0 Å². The van der Waals surface area contributed by atoms with E-state index in [1.54, 1.807) is 78.7 Å². The van der Waals surface area contributed by atoms with Crippen LogP contribution >= 0.6 is 0 Å². The standard InChI is InChI=1S/C25H18N2O4/c1-27-22-11-10-16(12-18(22)13-24(27)29)23(28)15-31-25(30)21-9-5-4-8-20(21)19-7-3-2-6-17(19)14-26/h2-12H,13,15H2,1H3. The zero-order valence-electron chi connectivity index (χ0n) is 16.8. The molecule has 6 heteroatoms. The highest BCUT2D eigenvalue weighted by Crippen LogP contribution is 2.29. The van der Waals surface area contributed by atoms with Gasteiger partial charge in [-0.05, 0) is 41.5 Å². The molecule has 0 unspecified atom stereocenters. The van der Waals surface area contributed by atoms with Crippen LogP contribution in [-0.2, 0) is 16.0 Å². The van der Waals surface area contributed by atoms with Gasteiger partial charge in [0.1, 0.15) is 0 Å². The second-order valence-electron chi connectivity index (χ2n) is 7.18. The number of esters is 1. The number of nitriles is 1. The second kappa shape index (κ2) is 8.25. The molecule has 152 valence electrons. The number of benzene rings is 3. The fourth-order valence-electron chi connectivity index (χ4n) is 3.65. The molecule has 0 bridgehead atoms. The van der Waals surface area contributed by atoms with Gasteiger partial charge in [0.2, 0.25) is 5.91 Å². The number of rotatable bonds is 5. The minimum atomic E-state index is -0.646. The van der Waals surface area contributed by atoms with Gasteiger partial charge in [-0.3, -0.25) is 9.59 Å². The van der Waals surface area contributed by atoms with E-state index < -0.39 is 12.6 Å². The molecule has 0 saturated carbocycles. The summed E-state index contributed by atoms with van der Waals surface area (Å²) in [6, 6.07) is 20.9. The fourth-order valence-corrected chi connectivity index (χ4v) is 3.65. The Morgan fingerprint density at radius 2 is 1.74 bits per heavy atom. The largest absolute Gasteiger partial charge is 0.454 e. The lowest BCUT2D eigenvalue weighted by Crippen LogP contribution is -2.20. The molecule has 0 spiro atoms. The van der Waals surface area contributed by atoms with Crippen LogP contribution in [0.4, 0.5) is 5.69 Å². The molecule has 0 aliphatic carbocycles. The van der Waals surface area contributed by atoms with Gasteiger partial charge in [0.15, 0.2) is 12.4 Å². The van der Waals surface area contributed by atoms with Crippen molar-refractivity contribution in [3.05, 3.63) is 89.0 Å². The Hall–Kier alpha value is -4.24. The number of ketones is 1. The number of anilines is 1. The number of ether oxygens (including phenoxy) is 1. The Balaban J connectivity index is 1.52. The molecule has 1 amide bonds. The van der Waals surface area contributed by atoms with E-state index in [-0.39, 0.29) is 23.7 Å². The summed E-state index contributed by atoms with van der Waals surface area (Å²) in [5, 5.41) is 9.38. The van der Waals surface area contributed by atoms with Crippen molar-refractivity contribution in [1.29, 1.82) is 5.26 Å². The van der Waals surface area contributed by atoms with Crippen LogP contribution in [-0.4, -0.2) is 31.3 Å². The summed E-state index contributed by atoms with van der Waals surface area (Å²) < 4.78 is 5.29. The Morgan fingerprint density at radius 1 is 1.03 bits per heavy atom. The number of amides is 1.